The number of amides is 1. The Morgan fingerprint density at radius 2 is 2.04 bits per heavy atom. The van der Waals surface area contributed by atoms with Crippen molar-refractivity contribution in [1.82, 2.24) is 19.7 Å². The van der Waals surface area contributed by atoms with Crippen LogP contribution < -0.4 is 5.32 Å². The van der Waals surface area contributed by atoms with Crippen LogP contribution in [0.1, 0.15) is 5.82 Å². The van der Waals surface area contributed by atoms with Crippen LogP contribution in [0, 0.1) is 6.92 Å². The summed E-state index contributed by atoms with van der Waals surface area (Å²) < 4.78 is 30.0. The Balaban J connectivity index is 1.96. The molecule has 3 aromatic rings. The highest BCUT2D eigenvalue weighted by atomic mass is 32.2. The van der Waals surface area contributed by atoms with Gasteiger partial charge in [-0.25, -0.2) is 13.4 Å². The predicted molar refractivity (Wildman–Crippen MR) is 80.5 cm³/mol. The Morgan fingerprint density at radius 1 is 1.30 bits per heavy atom. The molecule has 0 atom stereocenters. The molecule has 0 aliphatic rings. The fraction of sp³-hybridized carbons (Fsp3) is 0.231. The van der Waals surface area contributed by atoms with E-state index in [1.54, 1.807) is 31.2 Å². The summed E-state index contributed by atoms with van der Waals surface area (Å²) in [4.78, 5) is 20.1. The van der Waals surface area contributed by atoms with Crippen LogP contribution in [0.25, 0.3) is 11.0 Å². The molecular weight excluding hydrogens is 322 g/mol. The Bertz CT molecular complexity index is 989. The minimum atomic E-state index is -3.59. The molecule has 120 valence electrons. The number of hydrogen-bond donors (Lipinski definition) is 1. The second-order valence-electron chi connectivity index (χ2n) is 4.94. The van der Waals surface area contributed by atoms with Gasteiger partial charge in [0.25, 0.3) is 0 Å². The van der Waals surface area contributed by atoms with E-state index in [4.69, 9.17) is 4.52 Å². The van der Waals surface area contributed by atoms with Crippen LogP contribution in [0.3, 0.4) is 0 Å². The molecule has 1 N–H and O–H groups in total. The molecule has 0 fully saturated rings. The Hall–Kier alpha value is -2.75. The van der Waals surface area contributed by atoms with Crippen LogP contribution in [-0.2, 0) is 21.2 Å². The summed E-state index contributed by atoms with van der Waals surface area (Å²) >= 11 is 0. The van der Waals surface area contributed by atoms with E-state index in [1.807, 2.05) is 0 Å². The van der Waals surface area contributed by atoms with Gasteiger partial charge in [-0.05, 0) is 19.1 Å². The van der Waals surface area contributed by atoms with Crippen LogP contribution in [0.5, 0.6) is 0 Å². The maximum absolute atomic E-state index is 12.1. The van der Waals surface area contributed by atoms with Gasteiger partial charge in [0.2, 0.25) is 20.9 Å². The van der Waals surface area contributed by atoms with Crippen molar-refractivity contribution in [3.8, 4) is 0 Å². The molecule has 1 amide bonds. The van der Waals surface area contributed by atoms with Gasteiger partial charge in [0.15, 0.2) is 5.82 Å². The van der Waals surface area contributed by atoms with Crippen LogP contribution in [0.4, 0.5) is 6.01 Å². The highest BCUT2D eigenvalue weighted by Gasteiger charge is 2.21. The molecule has 0 unspecified atom stereocenters. The average molecular weight is 335 g/mol. The number of para-hydroxylation sites is 2. The number of rotatable bonds is 4. The van der Waals surface area contributed by atoms with E-state index in [0.29, 0.717) is 16.9 Å². The number of fused-ring (bicyclic) bond motifs is 1. The number of sulfone groups is 1. The highest BCUT2D eigenvalue weighted by Crippen LogP contribution is 2.19. The lowest BCUT2D eigenvalue weighted by Crippen LogP contribution is -2.21. The molecule has 0 spiro atoms. The monoisotopic (exact) mass is 335 g/mol. The Morgan fingerprint density at radius 3 is 2.70 bits per heavy atom. The number of nitrogens with zero attached hydrogens (tertiary/aromatic N) is 4. The van der Waals surface area contributed by atoms with Crippen molar-refractivity contribution in [3.63, 3.8) is 0 Å². The van der Waals surface area contributed by atoms with Gasteiger partial charge in [-0.2, -0.15) is 4.98 Å². The molecular formula is C13H13N5O4S. The highest BCUT2D eigenvalue weighted by molar-refractivity contribution is 7.90. The number of carbonyl (C=O) groups is 1. The third-order valence-corrected chi connectivity index (χ3v) is 4.00. The number of aromatic nitrogens is 4. The van der Waals surface area contributed by atoms with Gasteiger partial charge < -0.3 is 9.09 Å². The third-order valence-electron chi connectivity index (χ3n) is 3.03. The normalized spacial score (nSPS) is 11.7. The quantitative estimate of drug-likeness (QED) is 0.747. The number of benzene rings is 1. The maximum atomic E-state index is 12.1. The van der Waals surface area contributed by atoms with E-state index in [-0.39, 0.29) is 17.7 Å². The molecule has 0 bridgehead atoms. The van der Waals surface area contributed by atoms with Gasteiger partial charge in [-0.3, -0.25) is 10.1 Å². The van der Waals surface area contributed by atoms with Crippen molar-refractivity contribution in [2.45, 2.75) is 18.6 Å². The molecule has 2 aromatic heterocycles. The van der Waals surface area contributed by atoms with Crippen LogP contribution in [0.15, 0.2) is 33.9 Å². The van der Waals surface area contributed by atoms with Crippen molar-refractivity contribution < 1.29 is 17.7 Å². The Kier molecular flexibility index (Phi) is 3.60. The van der Waals surface area contributed by atoms with E-state index in [1.165, 1.54) is 4.57 Å². The number of imidazole rings is 1. The Labute approximate surface area is 131 Å². The molecule has 0 radical (unpaired) electrons. The molecule has 0 saturated carbocycles. The second kappa shape index (κ2) is 5.47. The van der Waals surface area contributed by atoms with Gasteiger partial charge >= 0.3 is 6.01 Å². The van der Waals surface area contributed by atoms with E-state index >= 15 is 0 Å². The number of carbonyl (C=O) groups excluding carboxylic acids is 1. The first-order valence-corrected chi connectivity index (χ1v) is 8.49. The SMILES string of the molecule is Cc1noc(NC(=O)Cn2c(S(C)(=O)=O)nc3ccccc32)n1. The van der Waals surface area contributed by atoms with Gasteiger partial charge in [0, 0.05) is 6.26 Å². The zero-order valence-corrected chi connectivity index (χ0v) is 13.2. The van der Waals surface area contributed by atoms with Crippen molar-refractivity contribution in [2.75, 3.05) is 11.6 Å². The van der Waals surface area contributed by atoms with Gasteiger partial charge in [-0.15, -0.1) is 0 Å². The minimum Gasteiger partial charge on any atom is -0.315 e. The summed E-state index contributed by atoms with van der Waals surface area (Å²) in [5.41, 5.74) is 1.04. The summed E-state index contributed by atoms with van der Waals surface area (Å²) in [6.45, 7) is 1.37. The smallest absolute Gasteiger partial charge is 0.315 e. The molecule has 0 saturated heterocycles. The van der Waals surface area contributed by atoms with E-state index in [9.17, 15) is 13.2 Å². The molecule has 10 heteroatoms. The lowest BCUT2D eigenvalue weighted by molar-refractivity contribution is -0.116. The van der Waals surface area contributed by atoms with Crippen molar-refractivity contribution >= 4 is 32.8 Å². The number of aryl methyl sites for hydroxylation is 1. The predicted octanol–water partition coefficient (Wildman–Crippen LogP) is 0.770. The molecule has 0 aliphatic carbocycles. The van der Waals surface area contributed by atoms with Crippen LogP contribution in [-0.4, -0.2) is 40.3 Å². The summed E-state index contributed by atoms with van der Waals surface area (Å²) in [6, 6.07) is 6.82. The average Bonchev–Trinajstić information content (AvgIpc) is 3.03. The zero-order valence-electron chi connectivity index (χ0n) is 12.3. The van der Waals surface area contributed by atoms with E-state index < -0.39 is 15.7 Å². The third kappa shape index (κ3) is 3.06. The largest absolute Gasteiger partial charge is 0.328 e. The molecule has 23 heavy (non-hydrogen) atoms. The van der Waals surface area contributed by atoms with Gasteiger partial charge in [-0.1, -0.05) is 17.3 Å². The lowest BCUT2D eigenvalue weighted by atomic mass is 10.3. The van der Waals surface area contributed by atoms with Crippen LogP contribution in [0.2, 0.25) is 0 Å². The lowest BCUT2D eigenvalue weighted by Gasteiger charge is -2.07. The number of nitrogens with one attached hydrogen (secondary N) is 1. The van der Waals surface area contributed by atoms with Gasteiger partial charge in [0.1, 0.15) is 6.54 Å². The van der Waals surface area contributed by atoms with E-state index in [2.05, 4.69) is 20.4 Å². The first-order chi connectivity index (χ1) is 10.8. The first kappa shape index (κ1) is 15.2. The maximum Gasteiger partial charge on any atom is 0.328 e. The fourth-order valence-electron chi connectivity index (χ4n) is 2.14. The minimum absolute atomic E-state index is 0.0437. The van der Waals surface area contributed by atoms with E-state index in [0.717, 1.165) is 6.26 Å². The molecule has 1 aromatic carbocycles. The zero-order chi connectivity index (χ0) is 16.6. The summed E-state index contributed by atoms with van der Waals surface area (Å²) in [5, 5.41) is 5.81. The summed E-state index contributed by atoms with van der Waals surface area (Å²) in [5.74, 6) is -0.119. The second-order valence-corrected chi connectivity index (χ2v) is 6.85. The molecule has 9 nitrogen and oxygen atoms in total. The first-order valence-electron chi connectivity index (χ1n) is 6.60. The van der Waals surface area contributed by atoms with Crippen molar-refractivity contribution in [3.05, 3.63) is 30.1 Å². The van der Waals surface area contributed by atoms with Gasteiger partial charge in [0.05, 0.1) is 11.0 Å². The summed E-state index contributed by atoms with van der Waals surface area (Å²) in [6.07, 6.45) is 1.05. The standard InChI is InChI=1S/C13H13N5O4S/c1-8-14-12(22-17-8)16-11(19)7-18-10-6-4-3-5-9(10)15-13(18)23(2,20)21/h3-6H,7H2,1-2H3,(H,14,16,17,19). The molecule has 2 heterocycles. The fourth-order valence-corrected chi connectivity index (χ4v) is 2.97. The number of hydrogen-bond acceptors (Lipinski definition) is 7. The number of anilines is 1. The molecule has 0 aliphatic heterocycles. The van der Waals surface area contributed by atoms with Crippen molar-refractivity contribution in [1.29, 1.82) is 0 Å². The summed E-state index contributed by atoms with van der Waals surface area (Å²) in [7, 11) is -3.59. The molecule has 3 rings (SSSR count). The van der Waals surface area contributed by atoms with Crippen LogP contribution >= 0.6 is 0 Å². The topological polar surface area (TPSA) is 120 Å². The van der Waals surface area contributed by atoms with Crippen molar-refractivity contribution in [2.24, 2.45) is 0 Å².